The van der Waals surface area contributed by atoms with Crippen LogP contribution in [-0.2, 0) is 6.54 Å². The minimum absolute atomic E-state index is 0.167. The summed E-state index contributed by atoms with van der Waals surface area (Å²) in [5, 5.41) is 1.40. The zero-order valence-electron chi connectivity index (χ0n) is 21.0. The molecule has 1 aliphatic heterocycles. The highest BCUT2D eigenvalue weighted by molar-refractivity contribution is 5.88. The van der Waals surface area contributed by atoms with E-state index in [0.717, 1.165) is 11.1 Å². The number of allylic oxidation sites excluding steroid dienone is 2. The molecule has 0 aliphatic carbocycles. The largest absolute Gasteiger partial charge is 0.497 e. The molecule has 1 N–H and O–H groups in total. The molecule has 3 heterocycles. The predicted octanol–water partition coefficient (Wildman–Crippen LogP) is 6.03. The number of nitrogens with one attached hydrogen (secondary N) is 1. The summed E-state index contributed by atoms with van der Waals surface area (Å²) in [6.45, 7) is 11.9. The van der Waals surface area contributed by atoms with Crippen LogP contribution in [0.3, 0.4) is 0 Å². The third-order valence-corrected chi connectivity index (χ3v) is 5.29. The maximum Gasteiger partial charge on any atom is 0.450 e. The molecule has 0 fully saturated rings. The minimum atomic E-state index is -4.62. The van der Waals surface area contributed by atoms with Gasteiger partial charge >= 0.3 is 6.18 Å². The topological polar surface area (TPSA) is 63.4 Å². The number of aliphatic imine (C=N–C) groups is 1. The Morgan fingerprint density at radius 1 is 1.14 bits per heavy atom. The van der Waals surface area contributed by atoms with Crippen LogP contribution in [0, 0.1) is 0 Å². The zero-order chi connectivity index (χ0) is 27.0. The van der Waals surface area contributed by atoms with Gasteiger partial charge in [-0.25, -0.2) is 9.98 Å². The summed E-state index contributed by atoms with van der Waals surface area (Å²) in [6, 6.07) is 10.5. The number of benzene rings is 1. The molecule has 10 heteroatoms. The SMILES string of the molecule is C=C/C=C(\C=C)COc1ccn2cc(C3N=C(C(F)(F)F)NN3Cc3ccc(OC)cc3)nc2c1.CC. The number of rotatable bonds is 9. The molecular formula is C27H30F3N5O2. The van der Waals surface area contributed by atoms with E-state index in [9.17, 15) is 13.2 Å². The van der Waals surface area contributed by atoms with E-state index in [1.807, 2.05) is 13.8 Å². The van der Waals surface area contributed by atoms with Crippen molar-refractivity contribution >= 4 is 11.5 Å². The highest BCUT2D eigenvalue weighted by Gasteiger charge is 2.43. The average Bonchev–Trinajstić information content (AvgIpc) is 3.52. The number of halogens is 3. The van der Waals surface area contributed by atoms with Crippen molar-refractivity contribution in [2.45, 2.75) is 32.7 Å². The zero-order valence-corrected chi connectivity index (χ0v) is 21.0. The Hall–Kier alpha value is -4.05. The van der Waals surface area contributed by atoms with Gasteiger partial charge in [-0.3, -0.25) is 5.43 Å². The van der Waals surface area contributed by atoms with Gasteiger partial charge in [-0.15, -0.1) is 0 Å². The number of alkyl halides is 3. The van der Waals surface area contributed by atoms with Crippen LogP contribution in [0.2, 0.25) is 0 Å². The van der Waals surface area contributed by atoms with Crippen molar-refractivity contribution in [3.8, 4) is 11.5 Å². The van der Waals surface area contributed by atoms with Crippen LogP contribution in [0.4, 0.5) is 13.2 Å². The molecule has 3 aromatic rings. The second-order valence-electron chi connectivity index (χ2n) is 7.70. The Bertz CT molecular complexity index is 1280. The normalized spacial score (nSPS) is 15.9. The maximum atomic E-state index is 13.5. The maximum absolute atomic E-state index is 13.5. The highest BCUT2D eigenvalue weighted by Crippen LogP contribution is 2.31. The number of fused-ring (bicyclic) bond motifs is 1. The lowest BCUT2D eigenvalue weighted by Gasteiger charge is -2.22. The summed E-state index contributed by atoms with van der Waals surface area (Å²) in [7, 11) is 1.55. The first-order valence-electron chi connectivity index (χ1n) is 11.7. The molecule has 196 valence electrons. The van der Waals surface area contributed by atoms with Crippen molar-refractivity contribution < 1.29 is 22.6 Å². The number of methoxy groups -OCH3 is 1. The molecule has 1 aliphatic rings. The van der Waals surface area contributed by atoms with Gasteiger partial charge in [0.25, 0.3) is 0 Å². The fourth-order valence-electron chi connectivity index (χ4n) is 3.52. The number of amidine groups is 1. The van der Waals surface area contributed by atoms with Crippen molar-refractivity contribution in [2.24, 2.45) is 4.99 Å². The summed E-state index contributed by atoms with van der Waals surface area (Å²) in [5.74, 6) is 0.152. The second kappa shape index (κ2) is 12.3. The van der Waals surface area contributed by atoms with Gasteiger partial charge in [0.2, 0.25) is 5.84 Å². The quantitative estimate of drug-likeness (QED) is 0.354. The van der Waals surface area contributed by atoms with Gasteiger partial charge in [-0.05, 0) is 29.3 Å². The summed E-state index contributed by atoms with van der Waals surface area (Å²) in [5.41, 5.74) is 4.91. The van der Waals surface area contributed by atoms with E-state index in [1.54, 1.807) is 78.5 Å². The van der Waals surface area contributed by atoms with Crippen LogP contribution < -0.4 is 14.9 Å². The van der Waals surface area contributed by atoms with Crippen LogP contribution in [0.15, 0.2) is 90.7 Å². The van der Waals surface area contributed by atoms with E-state index in [0.29, 0.717) is 29.4 Å². The van der Waals surface area contributed by atoms with Crippen molar-refractivity contribution in [1.29, 1.82) is 0 Å². The predicted molar refractivity (Wildman–Crippen MR) is 138 cm³/mol. The number of hydrazine groups is 1. The van der Waals surface area contributed by atoms with Crippen LogP contribution >= 0.6 is 0 Å². The van der Waals surface area contributed by atoms with Gasteiger partial charge < -0.3 is 13.9 Å². The van der Waals surface area contributed by atoms with Crippen LogP contribution in [0.1, 0.15) is 31.3 Å². The molecule has 2 aromatic heterocycles. The van der Waals surface area contributed by atoms with Crippen molar-refractivity contribution in [3.63, 3.8) is 0 Å². The molecule has 0 spiro atoms. The molecule has 0 saturated carbocycles. The van der Waals surface area contributed by atoms with Gasteiger partial charge in [-0.1, -0.05) is 57.4 Å². The molecule has 1 atom stereocenters. The van der Waals surface area contributed by atoms with Crippen molar-refractivity contribution in [3.05, 3.63) is 97.0 Å². The molecule has 0 amide bonds. The molecule has 0 saturated heterocycles. The van der Waals surface area contributed by atoms with E-state index in [1.165, 1.54) is 5.01 Å². The lowest BCUT2D eigenvalue weighted by molar-refractivity contribution is -0.0633. The van der Waals surface area contributed by atoms with Gasteiger partial charge in [-0.2, -0.15) is 18.2 Å². The molecular weight excluding hydrogens is 483 g/mol. The monoisotopic (exact) mass is 513 g/mol. The number of aromatic nitrogens is 2. The first kappa shape index (κ1) is 27.5. The highest BCUT2D eigenvalue weighted by atomic mass is 19.4. The average molecular weight is 514 g/mol. The number of imidazole rings is 1. The van der Waals surface area contributed by atoms with Crippen LogP contribution in [0.25, 0.3) is 5.65 Å². The van der Waals surface area contributed by atoms with E-state index in [2.05, 4.69) is 28.6 Å². The smallest absolute Gasteiger partial charge is 0.450 e. The number of hydrogen-bond acceptors (Lipinski definition) is 6. The number of nitrogens with zero attached hydrogens (tertiary/aromatic N) is 4. The Morgan fingerprint density at radius 2 is 1.86 bits per heavy atom. The fraction of sp³-hybridized carbons (Fsp3) is 0.259. The summed E-state index contributed by atoms with van der Waals surface area (Å²) in [4.78, 5) is 8.43. The van der Waals surface area contributed by atoms with Gasteiger partial charge in [0, 0.05) is 25.0 Å². The lowest BCUT2D eigenvalue weighted by Crippen LogP contribution is -2.42. The van der Waals surface area contributed by atoms with Gasteiger partial charge in [0.05, 0.1) is 7.11 Å². The summed E-state index contributed by atoms with van der Waals surface area (Å²) >= 11 is 0. The summed E-state index contributed by atoms with van der Waals surface area (Å²) < 4.78 is 53.0. The standard InChI is InChI=1S/C25H24F3N5O2.C2H6/c1-4-6-17(5-2)16-35-20-11-12-32-15-21(29-22(32)13-20)23-30-24(25(26,27)28)31-33(23)14-18-7-9-19(34-3)10-8-18;1-2/h4-13,15,23H,1-2,14,16H2,3H3,(H,30,31);1-2H3/b17-6+;. The Labute approximate surface area is 214 Å². The molecule has 1 aromatic carbocycles. The van der Waals surface area contributed by atoms with E-state index >= 15 is 0 Å². The first-order valence-corrected chi connectivity index (χ1v) is 11.7. The Balaban J connectivity index is 0.00000186. The number of hydrogen-bond donors (Lipinski definition) is 1. The molecule has 0 radical (unpaired) electrons. The first-order chi connectivity index (χ1) is 17.8. The van der Waals surface area contributed by atoms with Crippen LogP contribution in [0.5, 0.6) is 11.5 Å². The second-order valence-corrected chi connectivity index (χ2v) is 7.70. The molecule has 4 rings (SSSR count). The third-order valence-electron chi connectivity index (χ3n) is 5.29. The number of ether oxygens (including phenoxy) is 2. The van der Waals surface area contributed by atoms with Crippen LogP contribution in [-0.4, -0.2) is 40.1 Å². The summed E-state index contributed by atoms with van der Waals surface area (Å²) in [6.07, 6.45) is 2.91. The third kappa shape index (κ3) is 6.79. The fourth-order valence-corrected chi connectivity index (χ4v) is 3.52. The van der Waals surface area contributed by atoms with Crippen molar-refractivity contribution in [1.82, 2.24) is 19.8 Å². The van der Waals surface area contributed by atoms with E-state index in [-0.39, 0.29) is 6.54 Å². The van der Waals surface area contributed by atoms with E-state index in [4.69, 9.17) is 9.47 Å². The lowest BCUT2D eigenvalue weighted by atomic mass is 10.2. The van der Waals surface area contributed by atoms with Gasteiger partial charge in [0.1, 0.15) is 29.4 Å². The Morgan fingerprint density at radius 3 is 2.49 bits per heavy atom. The van der Waals surface area contributed by atoms with Gasteiger partial charge in [0.15, 0.2) is 6.17 Å². The molecule has 1 unspecified atom stereocenters. The minimum Gasteiger partial charge on any atom is -0.497 e. The number of pyridine rings is 1. The molecule has 0 bridgehead atoms. The van der Waals surface area contributed by atoms with E-state index < -0.39 is 18.2 Å². The molecule has 7 nitrogen and oxygen atoms in total. The Kier molecular flexibility index (Phi) is 9.13. The molecule has 37 heavy (non-hydrogen) atoms. The van der Waals surface area contributed by atoms with Crippen molar-refractivity contribution in [2.75, 3.05) is 13.7 Å².